The Morgan fingerprint density at radius 2 is 1.76 bits per heavy atom. The lowest BCUT2D eigenvalue weighted by Gasteiger charge is -2.31. The van der Waals surface area contributed by atoms with E-state index in [-0.39, 0.29) is 0 Å². The summed E-state index contributed by atoms with van der Waals surface area (Å²) in [5.41, 5.74) is 1.76. The van der Waals surface area contributed by atoms with Gasteiger partial charge in [0.2, 0.25) is 0 Å². The van der Waals surface area contributed by atoms with Gasteiger partial charge in [0.1, 0.15) is 0 Å². The summed E-state index contributed by atoms with van der Waals surface area (Å²) in [5.74, 6) is 1.30. The Morgan fingerprint density at radius 1 is 1.18 bits per heavy atom. The molecule has 0 aliphatic heterocycles. The third-order valence-corrected chi connectivity index (χ3v) is 4.11. The average molecular weight is 236 g/mol. The molecule has 0 bridgehead atoms. The van der Waals surface area contributed by atoms with Crippen LogP contribution in [0.4, 0.5) is 0 Å². The first kappa shape index (κ1) is 14.3. The van der Waals surface area contributed by atoms with E-state index >= 15 is 0 Å². The Labute approximate surface area is 106 Å². The molecule has 1 atom stereocenters. The van der Waals surface area contributed by atoms with Crippen molar-refractivity contribution in [2.75, 3.05) is 0 Å². The number of nitrogens with zero attached hydrogens (tertiary/aromatic N) is 2. The van der Waals surface area contributed by atoms with Crippen LogP contribution in [0.3, 0.4) is 0 Å². The summed E-state index contributed by atoms with van der Waals surface area (Å²) in [6, 6.07) is 0.453. The van der Waals surface area contributed by atoms with Crippen LogP contribution < -0.4 is 0 Å². The van der Waals surface area contributed by atoms with Crippen LogP contribution in [0.15, 0.2) is 12.4 Å². The fourth-order valence-electron chi connectivity index (χ4n) is 2.03. The molecule has 2 nitrogen and oxygen atoms in total. The Kier molecular flexibility index (Phi) is 4.40. The van der Waals surface area contributed by atoms with Gasteiger partial charge in [0, 0.05) is 12.2 Å². The van der Waals surface area contributed by atoms with Crippen molar-refractivity contribution in [1.29, 1.82) is 0 Å². The van der Waals surface area contributed by atoms with E-state index in [2.05, 4.69) is 59.8 Å². The van der Waals surface area contributed by atoms with E-state index in [4.69, 9.17) is 0 Å². The third kappa shape index (κ3) is 3.58. The molecule has 1 unspecified atom stereocenters. The summed E-state index contributed by atoms with van der Waals surface area (Å²) in [6.45, 7) is 16.0. The highest BCUT2D eigenvalue weighted by Gasteiger charge is 2.25. The van der Waals surface area contributed by atoms with E-state index in [0.717, 1.165) is 0 Å². The van der Waals surface area contributed by atoms with Crippen molar-refractivity contribution in [3.8, 4) is 0 Å². The van der Waals surface area contributed by atoms with E-state index in [1.54, 1.807) is 0 Å². The van der Waals surface area contributed by atoms with Crippen molar-refractivity contribution in [3.05, 3.63) is 18.0 Å². The molecular weight excluding hydrogens is 208 g/mol. The minimum absolute atomic E-state index is 0.388. The Bertz CT molecular complexity index is 348. The first-order valence-corrected chi connectivity index (χ1v) is 6.78. The van der Waals surface area contributed by atoms with Crippen LogP contribution in [0.5, 0.6) is 0 Å². The van der Waals surface area contributed by atoms with Crippen LogP contribution >= 0.6 is 0 Å². The summed E-state index contributed by atoms with van der Waals surface area (Å²) in [5, 5.41) is 4.43. The predicted molar refractivity (Wildman–Crippen MR) is 74.3 cm³/mol. The quantitative estimate of drug-likeness (QED) is 0.728. The van der Waals surface area contributed by atoms with E-state index in [9.17, 15) is 0 Å². The predicted octanol–water partition coefficient (Wildman–Crippen LogP) is 4.64. The lowest BCUT2D eigenvalue weighted by molar-refractivity contribution is 0.214. The van der Waals surface area contributed by atoms with Crippen molar-refractivity contribution >= 4 is 0 Å². The fourth-order valence-corrected chi connectivity index (χ4v) is 2.03. The highest BCUT2D eigenvalue weighted by molar-refractivity contribution is 5.11. The topological polar surface area (TPSA) is 17.8 Å². The van der Waals surface area contributed by atoms with Gasteiger partial charge in [-0.2, -0.15) is 5.10 Å². The van der Waals surface area contributed by atoms with Gasteiger partial charge in [-0.1, -0.05) is 34.6 Å². The summed E-state index contributed by atoms with van der Waals surface area (Å²) < 4.78 is 2.05. The third-order valence-electron chi connectivity index (χ3n) is 4.11. The summed E-state index contributed by atoms with van der Waals surface area (Å²) in [6.07, 6.45) is 5.45. The van der Waals surface area contributed by atoms with Gasteiger partial charge in [-0.15, -0.1) is 0 Å². The van der Waals surface area contributed by atoms with Crippen molar-refractivity contribution in [3.63, 3.8) is 0 Å². The molecule has 1 rings (SSSR count). The second-order valence-electron chi connectivity index (χ2n) is 6.60. The normalized spacial score (nSPS) is 14.6. The largest absolute Gasteiger partial charge is 0.270 e. The molecule has 98 valence electrons. The first-order chi connectivity index (χ1) is 7.74. The first-order valence-electron chi connectivity index (χ1n) is 6.78. The maximum atomic E-state index is 4.43. The molecule has 0 amide bonds. The van der Waals surface area contributed by atoms with Gasteiger partial charge in [0.25, 0.3) is 0 Å². The van der Waals surface area contributed by atoms with Crippen LogP contribution in [0.2, 0.25) is 0 Å². The van der Waals surface area contributed by atoms with Gasteiger partial charge in [0.05, 0.1) is 6.20 Å². The van der Waals surface area contributed by atoms with Crippen LogP contribution in [0.1, 0.15) is 72.4 Å². The minimum Gasteiger partial charge on any atom is -0.270 e. The molecule has 1 aromatic rings. The van der Waals surface area contributed by atoms with E-state index in [1.807, 2.05) is 10.9 Å². The van der Waals surface area contributed by atoms with E-state index in [0.29, 0.717) is 23.3 Å². The molecule has 0 fully saturated rings. The molecule has 0 saturated heterocycles. The number of rotatable bonds is 5. The molecule has 0 aliphatic carbocycles. The van der Waals surface area contributed by atoms with Gasteiger partial charge < -0.3 is 0 Å². The molecule has 17 heavy (non-hydrogen) atoms. The second-order valence-corrected chi connectivity index (χ2v) is 6.60. The van der Waals surface area contributed by atoms with Gasteiger partial charge in [-0.25, -0.2) is 0 Å². The Balaban J connectivity index is 2.73. The fraction of sp³-hybridized carbons (Fsp3) is 0.800. The van der Waals surface area contributed by atoms with Crippen LogP contribution in [-0.4, -0.2) is 9.78 Å². The summed E-state index contributed by atoms with van der Waals surface area (Å²) in [4.78, 5) is 0. The van der Waals surface area contributed by atoms with Crippen molar-refractivity contribution in [2.45, 2.75) is 66.8 Å². The molecule has 0 N–H and O–H groups in total. The molecular formula is C15H28N2. The molecule has 0 aliphatic rings. The number of hydrogen-bond donors (Lipinski definition) is 0. The monoisotopic (exact) mass is 236 g/mol. The van der Waals surface area contributed by atoms with Crippen molar-refractivity contribution in [2.24, 2.45) is 11.3 Å². The highest BCUT2D eigenvalue weighted by atomic mass is 15.3. The van der Waals surface area contributed by atoms with Gasteiger partial charge in [-0.05, 0) is 43.1 Å². The molecule has 2 heteroatoms. The maximum Gasteiger partial charge on any atom is 0.0524 e. The zero-order chi connectivity index (χ0) is 13.2. The van der Waals surface area contributed by atoms with Crippen molar-refractivity contribution in [1.82, 2.24) is 9.78 Å². The Hall–Kier alpha value is -0.790. The second kappa shape index (κ2) is 5.24. The molecule has 1 aromatic heterocycles. The number of hydrogen-bond acceptors (Lipinski definition) is 1. The lowest BCUT2D eigenvalue weighted by Crippen LogP contribution is -2.21. The highest BCUT2D eigenvalue weighted by Crippen LogP contribution is 2.37. The van der Waals surface area contributed by atoms with Gasteiger partial charge in [-0.3, -0.25) is 4.68 Å². The van der Waals surface area contributed by atoms with Crippen LogP contribution in [0.25, 0.3) is 0 Å². The van der Waals surface area contributed by atoms with Crippen molar-refractivity contribution < 1.29 is 0 Å². The molecule has 0 radical (unpaired) electrons. The Morgan fingerprint density at radius 3 is 2.18 bits per heavy atom. The van der Waals surface area contributed by atoms with Gasteiger partial charge in [0.15, 0.2) is 0 Å². The standard InChI is InChI=1S/C15H28N2/c1-11(2)15(6,7)8-13(5)14-9-16-17(10-14)12(3)4/h9-13H,8H2,1-7H3. The minimum atomic E-state index is 0.388. The molecule has 0 aromatic carbocycles. The average Bonchev–Trinajstić information content (AvgIpc) is 2.65. The number of aromatic nitrogens is 2. The van der Waals surface area contributed by atoms with E-state index in [1.165, 1.54) is 12.0 Å². The lowest BCUT2D eigenvalue weighted by atomic mass is 9.74. The zero-order valence-electron chi connectivity index (χ0n) is 12.5. The van der Waals surface area contributed by atoms with Crippen LogP contribution in [-0.2, 0) is 0 Å². The SMILES string of the molecule is CC(CC(C)(C)C(C)C)c1cnn(C(C)C)c1. The summed E-state index contributed by atoms with van der Waals surface area (Å²) >= 11 is 0. The maximum absolute atomic E-state index is 4.43. The molecule has 0 saturated carbocycles. The molecule has 1 heterocycles. The van der Waals surface area contributed by atoms with Crippen LogP contribution in [0, 0.1) is 11.3 Å². The molecule has 0 spiro atoms. The zero-order valence-corrected chi connectivity index (χ0v) is 12.5. The smallest absolute Gasteiger partial charge is 0.0524 e. The van der Waals surface area contributed by atoms with E-state index < -0.39 is 0 Å². The summed E-state index contributed by atoms with van der Waals surface area (Å²) in [7, 11) is 0. The van der Waals surface area contributed by atoms with Gasteiger partial charge >= 0.3 is 0 Å².